The Labute approximate surface area is 159 Å². The number of carbonyl (C=O) groups excluding carboxylic acids is 1. The number of nitrogens with one attached hydrogen (secondary N) is 1. The summed E-state index contributed by atoms with van der Waals surface area (Å²) in [4.78, 5) is 24.0. The van der Waals surface area contributed by atoms with E-state index in [1.165, 1.54) is 29.5 Å². The zero-order chi connectivity index (χ0) is 19.2. The maximum Gasteiger partial charge on any atom is 0.335 e. The van der Waals surface area contributed by atoms with Gasteiger partial charge in [0.2, 0.25) is 0 Å². The van der Waals surface area contributed by atoms with E-state index in [0.29, 0.717) is 23.6 Å². The number of carboxylic acids is 1. The van der Waals surface area contributed by atoms with Crippen molar-refractivity contribution in [1.29, 1.82) is 5.26 Å². The van der Waals surface area contributed by atoms with Crippen molar-refractivity contribution in [3.05, 3.63) is 75.7 Å². The highest BCUT2D eigenvalue weighted by Crippen LogP contribution is 2.24. The second-order valence-electron chi connectivity index (χ2n) is 5.52. The van der Waals surface area contributed by atoms with E-state index in [0.717, 1.165) is 4.88 Å². The summed E-state index contributed by atoms with van der Waals surface area (Å²) in [6.45, 7) is 0.356. The third kappa shape index (κ3) is 4.51. The Morgan fingerprint density at radius 1 is 1.19 bits per heavy atom. The van der Waals surface area contributed by atoms with Gasteiger partial charge in [-0.05, 0) is 35.7 Å². The van der Waals surface area contributed by atoms with Gasteiger partial charge < -0.3 is 14.8 Å². The lowest BCUT2D eigenvalue weighted by Gasteiger charge is -2.01. The van der Waals surface area contributed by atoms with Crippen LogP contribution in [-0.4, -0.2) is 17.0 Å². The minimum atomic E-state index is -1.00. The van der Waals surface area contributed by atoms with Gasteiger partial charge in [0.1, 0.15) is 23.2 Å². The standard InChI is InChI=1S/C20H14N2O4S/c21-11-15(19(23)22-12-17-2-1-9-27-17)10-16-7-8-18(26-16)13-3-5-14(6-4-13)20(24)25/h1-10H,12H2,(H,22,23)(H,24,25). The molecule has 0 saturated carbocycles. The second-order valence-corrected chi connectivity index (χ2v) is 6.55. The Kier molecular flexibility index (Phi) is 5.50. The minimum Gasteiger partial charge on any atom is -0.478 e. The van der Waals surface area contributed by atoms with Crippen molar-refractivity contribution >= 4 is 29.3 Å². The van der Waals surface area contributed by atoms with Gasteiger partial charge >= 0.3 is 5.97 Å². The van der Waals surface area contributed by atoms with Crippen molar-refractivity contribution in [3.63, 3.8) is 0 Å². The number of amides is 1. The number of carbonyl (C=O) groups is 2. The largest absolute Gasteiger partial charge is 0.478 e. The lowest BCUT2D eigenvalue weighted by molar-refractivity contribution is -0.117. The van der Waals surface area contributed by atoms with Crippen LogP contribution in [0, 0.1) is 11.3 Å². The summed E-state index contributed by atoms with van der Waals surface area (Å²) >= 11 is 1.52. The highest BCUT2D eigenvalue weighted by molar-refractivity contribution is 7.09. The second kappa shape index (κ2) is 8.17. The third-order valence-electron chi connectivity index (χ3n) is 3.70. The van der Waals surface area contributed by atoms with E-state index in [4.69, 9.17) is 9.52 Å². The van der Waals surface area contributed by atoms with E-state index >= 15 is 0 Å². The summed E-state index contributed by atoms with van der Waals surface area (Å²) in [5.74, 6) is -0.615. The van der Waals surface area contributed by atoms with Gasteiger partial charge in [0.05, 0.1) is 12.1 Å². The summed E-state index contributed by atoms with van der Waals surface area (Å²) in [5, 5.41) is 22.8. The number of rotatable bonds is 6. The molecule has 0 spiro atoms. The molecule has 0 fully saturated rings. The van der Waals surface area contributed by atoms with Gasteiger partial charge in [-0.25, -0.2) is 4.79 Å². The van der Waals surface area contributed by atoms with Crippen LogP contribution in [0.25, 0.3) is 17.4 Å². The van der Waals surface area contributed by atoms with Crippen LogP contribution in [0.2, 0.25) is 0 Å². The predicted molar refractivity (Wildman–Crippen MR) is 101 cm³/mol. The molecule has 1 aromatic carbocycles. The topological polar surface area (TPSA) is 103 Å². The lowest BCUT2D eigenvalue weighted by atomic mass is 10.1. The number of thiophene rings is 1. The molecule has 2 aromatic heterocycles. The van der Waals surface area contributed by atoms with Crippen LogP contribution in [0.4, 0.5) is 0 Å². The van der Waals surface area contributed by atoms with E-state index in [2.05, 4.69) is 5.32 Å². The molecule has 27 heavy (non-hydrogen) atoms. The number of nitriles is 1. The van der Waals surface area contributed by atoms with E-state index in [1.54, 1.807) is 24.3 Å². The van der Waals surface area contributed by atoms with Gasteiger partial charge in [-0.3, -0.25) is 4.79 Å². The normalized spacial score (nSPS) is 11.0. The molecular formula is C20H14N2O4S. The van der Waals surface area contributed by atoms with Gasteiger partial charge in [0, 0.05) is 16.5 Å². The number of hydrogen-bond acceptors (Lipinski definition) is 5. The highest BCUT2D eigenvalue weighted by atomic mass is 32.1. The van der Waals surface area contributed by atoms with Gasteiger partial charge in [0.25, 0.3) is 5.91 Å². The molecule has 1 amide bonds. The maximum absolute atomic E-state index is 12.2. The number of aromatic carboxylic acids is 1. The molecule has 0 unspecified atom stereocenters. The molecule has 2 heterocycles. The number of nitrogens with zero attached hydrogens (tertiary/aromatic N) is 1. The first-order valence-corrected chi connectivity index (χ1v) is 8.81. The molecule has 2 N–H and O–H groups in total. The fourth-order valence-electron chi connectivity index (χ4n) is 2.33. The van der Waals surface area contributed by atoms with Gasteiger partial charge in [0.15, 0.2) is 0 Å². The number of furan rings is 1. The molecule has 0 radical (unpaired) electrons. The first-order valence-electron chi connectivity index (χ1n) is 7.93. The average molecular weight is 378 g/mol. The molecule has 0 bridgehead atoms. The summed E-state index contributed by atoms with van der Waals surface area (Å²) < 4.78 is 5.65. The Bertz CT molecular complexity index is 1020. The first kappa shape index (κ1) is 18.2. The van der Waals surface area contributed by atoms with Gasteiger partial charge in [-0.2, -0.15) is 5.26 Å². The maximum atomic E-state index is 12.2. The molecule has 7 heteroatoms. The first-order chi connectivity index (χ1) is 13.1. The number of carboxylic acid groups (broad SMARTS) is 1. The van der Waals surface area contributed by atoms with Crippen molar-refractivity contribution in [2.45, 2.75) is 6.54 Å². The van der Waals surface area contributed by atoms with E-state index in [9.17, 15) is 14.9 Å². The van der Waals surface area contributed by atoms with Crippen LogP contribution < -0.4 is 5.32 Å². The van der Waals surface area contributed by atoms with Gasteiger partial charge in [-0.1, -0.05) is 18.2 Å². The van der Waals surface area contributed by atoms with Gasteiger partial charge in [-0.15, -0.1) is 11.3 Å². The Morgan fingerprint density at radius 2 is 1.96 bits per heavy atom. The van der Waals surface area contributed by atoms with Crippen LogP contribution >= 0.6 is 11.3 Å². The van der Waals surface area contributed by atoms with Crippen LogP contribution in [0.1, 0.15) is 21.0 Å². The van der Waals surface area contributed by atoms with Crippen molar-refractivity contribution < 1.29 is 19.1 Å². The summed E-state index contributed by atoms with van der Waals surface area (Å²) in [7, 11) is 0. The number of hydrogen-bond donors (Lipinski definition) is 2. The van der Waals surface area contributed by atoms with Crippen LogP contribution in [-0.2, 0) is 11.3 Å². The molecule has 0 aliphatic heterocycles. The van der Waals surface area contributed by atoms with Crippen LogP contribution in [0.15, 0.2) is 63.9 Å². The molecule has 0 aliphatic carbocycles. The molecule has 0 aliphatic rings. The molecule has 3 aromatic rings. The smallest absolute Gasteiger partial charge is 0.335 e. The predicted octanol–water partition coefficient (Wildman–Crippen LogP) is 3.93. The third-order valence-corrected chi connectivity index (χ3v) is 4.57. The van der Waals surface area contributed by atoms with Crippen molar-refractivity contribution in [2.24, 2.45) is 0 Å². The molecule has 3 rings (SSSR count). The SMILES string of the molecule is N#CC(=Cc1ccc(-c2ccc(C(=O)O)cc2)o1)C(=O)NCc1cccs1. The van der Waals surface area contributed by atoms with Crippen molar-refractivity contribution in [2.75, 3.05) is 0 Å². The zero-order valence-electron chi connectivity index (χ0n) is 14.0. The van der Waals surface area contributed by atoms with Crippen LogP contribution in [0.5, 0.6) is 0 Å². The summed E-state index contributed by atoms with van der Waals surface area (Å²) in [6, 6.07) is 15.2. The fraction of sp³-hybridized carbons (Fsp3) is 0.0500. The van der Waals surface area contributed by atoms with E-state index in [1.807, 2.05) is 23.6 Å². The minimum absolute atomic E-state index is 0.0614. The van der Waals surface area contributed by atoms with Crippen molar-refractivity contribution in [3.8, 4) is 17.4 Å². The zero-order valence-corrected chi connectivity index (χ0v) is 14.8. The molecule has 6 nitrogen and oxygen atoms in total. The Morgan fingerprint density at radius 3 is 2.59 bits per heavy atom. The molecule has 0 atom stereocenters. The van der Waals surface area contributed by atoms with E-state index in [-0.39, 0.29) is 11.1 Å². The summed E-state index contributed by atoms with van der Waals surface area (Å²) in [5.41, 5.74) is 0.814. The molecule has 134 valence electrons. The lowest BCUT2D eigenvalue weighted by Crippen LogP contribution is -2.23. The summed E-state index contributed by atoms with van der Waals surface area (Å²) in [6.07, 6.45) is 1.37. The van der Waals surface area contributed by atoms with E-state index < -0.39 is 11.9 Å². The fourth-order valence-corrected chi connectivity index (χ4v) is 2.97. The van der Waals surface area contributed by atoms with Crippen molar-refractivity contribution in [1.82, 2.24) is 5.32 Å². The quantitative estimate of drug-likeness (QED) is 0.500. The Hall–Kier alpha value is -3.63. The number of benzene rings is 1. The monoisotopic (exact) mass is 378 g/mol. The average Bonchev–Trinajstić information content (AvgIpc) is 3.36. The Balaban J connectivity index is 1.72. The molecular weight excluding hydrogens is 364 g/mol. The van der Waals surface area contributed by atoms with Crippen LogP contribution in [0.3, 0.4) is 0 Å². The highest BCUT2D eigenvalue weighted by Gasteiger charge is 2.11. The molecule has 0 saturated heterocycles.